The van der Waals surface area contributed by atoms with E-state index in [9.17, 15) is 22.4 Å². The molecule has 0 fully saturated rings. The Bertz CT molecular complexity index is 1420. The number of carbonyl (C=O) groups excluding carboxylic acids is 2. The maximum Gasteiger partial charge on any atom is 0.264 e. The second-order valence-corrected chi connectivity index (χ2v) is 12.4. The third kappa shape index (κ3) is 8.29. The summed E-state index contributed by atoms with van der Waals surface area (Å²) in [6.07, 6.45) is 0.274. The molecular weight excluding hydrogens is 545 g/mol. The van der Waals surface area contributed by atoms with Gasteiger partial charge in [0.2, 0.25) is 11.8 Å². The van der Waals surface area contributed by atoms with Crippen molar-refractivity contribution in [2.75, 3.05) is 17.5 Å². The number of para-hydroxylation sites is 2. The van der Waals surface area contributed by atoms with Crippen molar-refractivity contribution in [3.05, 3.63) is 90.2 Å². The molecule has 0 aliphatic carbocycles. The van der Waals surface area contributed by atoms with E-state index < -0.39 is 39.9 Å². The van der Waals surface area contributed by atoms with Crippen LogP contribution in [-0.4, -0.2) is 49.9 Å². The van der Waals surface area contributed by atoms with Crippen LogP contribution in [0.5, 0.6) is 5.75 Å². The summed E-state index contributed by atoms with van der Waals surface area (Å²) in [5.74, 6) is -1.11. The molecule has 0 saturated heterocycles. The van der Waals surface area contributed by atoms with E-state index in [2.05, 4.69) is 5.32 Å². The van der Waals surface area contributed by atoms with Crippen LogP contribution in [0.1, 0.15) is 46.6 Å². The van der Waals surface area contributed by atoms with Gasteiger partial charge in [-0.1, -0.05) is 49.4 Å². The van der Waals surface area contributed by atoms with Gasteiger partial charge in [-0.3, -0.25) is 13.9 Å². The van der Waals surface area contributed by atoms with Gasteiger partial charge in [0.15, 0.2) is 0 Å². The highest BCUT2D eigenvalue weighted by Crippen LogP contribution is 2.33. The number of amides is 2. The van der Waals surface area contributed by atoms with Crippen LogP contribution in [-0.2, 0) is 26.2 Å². The molecule has 0 unspecified atom stereocenters. The Kier molecular flexibility index (Phi) is 10.5. The van der Waals surface area contributed by atoms with Gasteiger partial charge < -0.3 is 15.0 Å². The second-order valence-electron chi connectivity index (χ2n) is 10.5. The number of nitrogens with one attached hydrogen (secondary N) is 1. The number of carbonyl (C=O) groups is 2. The molecule has 0 heterocycles. The molecule has 0 aliphatic rings. The average molecular weight is 584 g/mol. The number of anilines is 1. The van der Waals surface area contributed by atoms with E-state index in [-0.39, 0.29) is 36.1 Å². The Morgan fingerprint density at radius 3 is 2.12 bits per heavy atom. The zero-order valence-corrected chi connectivity index (χ0v) is 24.9. The maximum absolute atomic E-state index is 14.1. The van der Waals surface area contributed by atoms with Crippen LogP contribution in [0.3, 0.4) is 0 Å². The molecule has 0 saturated carbocycles. The van der Waals surface area contributed by atoms with Crippen molar-refractivity contribution in [2.24, 2.45) is 0 Å². The summed E-state index contributed by atoms with van der Waals surface area (Å²) in [5, 5.41) is 2.92. The van der Waals surface area contributed by atoms with Gasteiger partial charge in [-0.15, -0.1) is 0 Å². The van der Waals surface area contributed by atoms with E-state index in [4.69, 9.17) is 4.74 Å². The first kappa shape index (κ1) is 31.6. The second kappa shape index (κ2) is 13.6. The summed E-state index contributed by atoms with van der Waals surface area (Å²) in [6, 6.07) is 19.1. The predicted octanol–water partition coefficient (Wildman–Crippen LogP) is 5.14. The van der Waals surface area contributed by atoms with Crippen LogP contribution in [0.15, 0.2) is 83.8 Å². The van der Waals surface area contributed by atoms with Gasteiger partial charge in [-0.05, 0) is 76.1 Å². The molecule has 0 bridgehead atoms. The smallest absolute Gasteiger partial charge is 0.264 e. The number of ether oxygens (including phenoxy) is 1. The van der Waals surface area contributed by atoms with Crippen LogP contribution in [0.25, 0.3) is 0 Å². The Labute approximate surface area is 242 Å². The van der Waals surface area contributed by atoms with E-state index in [1.165, 1.54) is 41.3 Å². The average Bonchev–Trinajstić information content (AvgIpc) is 2.92. The van der Waals surface area contributed by atoms with Crippen LogP contribution >= 0.6 is 0 Å². The highest BCUT2D eigenvalue weighted by Gasteiger charge is 2.35. The number of hydrogen-bond donors (Lipinski definition) is 1. The highest BCUT2D eigenvalue weighted by molar-refractivity contribution is 7.92. The Balaban J connectivity index is 2.10. The molecular formula is C31H38FN3O5S. The van der Waals surface area contributed by atoms with Crippen molar-refractivity contribution < 1.29 is 27.1 Å². The molecule has 0 aromatic heterocycles. The van der Waals surface area contributed by atoms with E-state index in [0.29, 0.717) is 11.3 Å². The van der Waals surface area contributed by atoms with Crippen LogP contribution in [0.2, 0.25) is 0 Å². The highest BCUT2D eigenvalue weighted by atomic mass is 32.2. The molecule has 1 atom stereocenters. The lowest BCUT2D eigenvalue weighted by molar-refractivity contribution is -0.141. The lowest BCUT2D eigenvalue weighted by Gasteiger charge is -2.35. The van der Waals surface area contributed by atoms with Crippen LogP contribution < -0.4 is 14.4 Å². The molecule has 41 heavy (non-hydrogen) atoms. The SMILES string of the molecule is CCOc1ccccc1N(CC(=O)N(Cc1ccc(F)cc1)[C@H](CC)C(=O)NC(C)(C)C)S(=O)(=O)c1ccccc1. The Morgan fingerprint density at radius 1 is 0.927 bits per heavy atom. The molecule has 10 heteroatoms. The van der Waals surface area contributed by atoms with Crippen molar-refractivity contribution in [1.29, 1.82) is 0 Å². The minimum atomic E-state index is -4.23. The van der Waals surface area contributed by atoms with E-state index in [0.717, 1.165) is 4.31 Å². The number of rotatable bonds is 12. The molecule has 0 aliphatic heterocycles. The summed E-state index contributed by atoms with van der Waals surface area (Å²) in [6.45, 7) is 8.73. The molecule has 3 aromatic rings. The van der Waals surface area contributed by atoms with Gasteiger partial charge in [0, 0.05) is 12.1 Å². The quantitative estimate of drug-likeness (QED) is 0.319. The summed E-state index contributed by atoms with van der Waals surface area (Å²) in [5.41, 5.74) is 0.225. The van der Waals surface area contributed by atoms with Gasteiger partial charge in [-0.2, -0.15) is 0 Å². The van der Waals surface area contributed by atoms with Gasteiger partial charge >= 0.3 is 0 Å². The first-order valence-corrected chi connectivity index (χ1v) is 15.0. The molecule has 3 rings (SSSR count). The first-order chi connectivity index (χ1) is 19.4. The molecule has 2 amide bonds. The van der Waals surface area contributed by atoms with Gasteiger partial charge in [0.1, 0.15) is 24.2 Å². The molecule has 8 nitrogen and oxygen atoms in total. The monoisotopic (exact) mass is 583 g/mol. The minimum Gasteiger partial charge on any atom is -0.492 e. The van der Waals surface area contributed by atoms with Crippen molar-refractivity contribution in [1.82, 2.24) is 10.2 Å². The largest absolute Gasteiger partial charge is 0.492 e. The first-order valence-electron chi connectivity index (χ1n) is 13.5. The third-order valence-corrected chi connectivity index (χ3v) is 7.97. The molecule has 1 N–H and O–H groups in total. The fourth-order valence-electron chi connectivity index (χ4n) is 4.33. The molecule has 0 spiro atoms. The molecule has 220 valence electrons. The summed E-state index contributed by atoms with van der Waals surface area (Å²) in [7, 11) is -4.23. The predicted molar refractivity (Wildman–Crippen MR) is 158 cm³/mol. The number of hydrogen-bond acceptors (Lipinski definition) is 5. The zero-order valence-electron chi connectivity index (χ0n) is 24.1. The summed E-state index contributed by atoms with van der Waals surface area (Å²) >= 11 is 0. The maximum atomic E-state index is 14.1. The number of benzene rings is 3. The number of nitrogens with zero attached hydrogens (tertiary/aromatic N) is 2. The Morgan fingerprint density at radius 2 is 1.54 bits per heavy atom. The molecule has 0 radical (unpaired) electrons. The van der Waals surface area contributed by atoms with Gasteiger partial charge in [0.25, 0.3) is 10.0 Å². The lowest BCUT2D eigenvalue weighted by atomic mass is 10.1. The number of halogens is 1. The van der Waals surface area contributed by atoms with Crippen LogP contribution in [0.4, 0.5) is 10.1 Å². The van der Waals surface area contributed by atoms with E-state index in [1.807, 2.05) is 20.8 Å². The van der Waals surface area contributed by atoms with Crippen molar-refractivity contribution >= 4 is 27.5 Å². The lowest BCUT2D eigenvalue weighted by Crippen LogP contribution is -2.55. The topological polar surface area (TPSA) is 96.0 Å². The van der Waals surface area contributed by atoms with Crippen molar-refractivity contribution in [3.8, 4) is 5.75 Å². The number of sulfonamides is 1. The van der Waals surface area contributed by atoms with Crippen molar-refractivity contribution in [3.63, 3.8) is 0 Å². The minimum absolute atomic E-state index is 0.00158. The Hall–Kier alpha value is -3.92. The van der Waals surface area contributed by atoms with E-state index >= 15 is 0 Å². The summed E-state index contributed by atoms with van der Waals surface area (Å²) in [4.78, 5) is 28.9. The molecule has 3 aromatic carbocycles. The van der Waals surface area contributed by atoms with Crippen LogP contribution in [0, 0.1) is 5.82 Å². The van der Waals surface area contributed by atoms with Gasteiger partial charge in [0.05, 0.1) is 17.2 Å². The van der Waals surface area contributed by atoms with Crippen molar-refractivity contribution in [2.45, 2.75) is 64.1 Å². The fourth-order valence-corrected chi connectivity index (χ4v) is 5.78. The van der Waals surface area contributed by atoms with Gasteiger partial charge in [-0.25, -0.2) is 12.8 Å². The fraction of sp³-hybridized carbons (Fsp3) is 0.355. The third-order valence-electron chi connectivity index (χ3n) is 6.19. The normalized spacial score (nSPS) is 12.3. The standard InChI is InChI=1S/C31H38FN3O5S/c1-6-26(30(37)33-31(3,4)5)34(21-23-17-19-24(32)20-18-23)29(36)22-35(27-15-11-12-16-28(27)40-7-2)41(38,39)25-13-9-8-10-14-25/h8-20,26H,6-7,21-22H2,1-5H3,(H,33,37)/t26-/m1/s1. The summed E-state index contributed by atoms with van der Waals surface area (Å²) < 4.78 is 48.4. The zero-order chi connectivity index (χ0) is 30.2. The van der Waals surface area contributed by atoms with E-state index in [1.54, 1.807) is 56.3 Å².